The Bertz CT molecular complexity index is 268. The number of thioether (sulfide) groups is 4. The second-order valence-electron chi connectivity index (χ2n) is 5.40. The van der Waals surface area contributed by atoms with Gasteiger partial charge >= 0.3 is 0 Å². The lowest BCUT2D eigenvalue weighted by Crippen LogP contribution is -2.44. The predicted molar refractivity (Wildman–Crippen MR) is 85.8 cm³/mol. The number of rotatable bonds is 0. The van der Waals surface area contributed by atoms with Gasteiger partial charge in [-0.15, -0.1) is 47.0 Å². The molecular weight excluding hydrogens is 304 g/mol. The number of hydrogen-bond acceptors (Lipinski definition) is 6. The lowest BCUT2D eigenvalue weighted by Gasteiger charge is -2.50. The third-order valence-electron chi connectivity index (χ3n) is 3.81. The molecular formula is C12H20O2S4. The molecule has 0 aromatic rings. The van der Waals surface area contributed by atoms with E-state index in [1.807, 2.05) is 47.0 Å². The monoisotopic (exact) mass is 324 g/mol. The Morgan fingerprint density at radius 3 is 1.50 bits per heavy atom. The van der Waals surface area contributed by atoms with Crippen LogP contribution in [0.1, 0.15) is 25.7 Å². The van der Waals surface area contributed by atoms with Gasteiger partial charge in [0.2, 0.25) is 0 Å². The van der Waals surface area contributed by atoms with Gasteiger partial charge in [0.05, 0.1) is 20.4 Å². The molecule has 2 N–H and O–H groups in total. The first-order valence-corrected chi connectivity index (χ1v) is 10.5. The average molecular weight is 325 g/mol. The summed E-state index contributed by atoms with van der Waals surface area (Å²) in [7, 11) is 0. The summed E-state index contributed by atoms with van der Waals surface area (Å²) in [6, 6.07) is 0. The summed E-state index contributed by atoms with van der Waals surface area (Å²) in [5.74, 6) is 3.62. The molecule has 1 aliphatic carbocycles. The summed E-state index contributed by atoms with van der Waals surface area (Å²) in [6.45, 7) is 0. The molecule has 3 fully saturated rings. The molecule has 18 heavy (non-hydrogen) atoms. The van der Waals surface area contributed by atoms with E-state index in [1.165, 1.54) is 25.7 Å². The Morgan fingerprint density at radius 2 is 1.11 bits per heavy atom. The Labute approximate surface area is 126 Å². The van der Waals surface area contributed by atoms with E-state index in [4.69, 9.17) is 0 Å². The maximum absolute atomic E-state index is 9.67. The van der Waals surface area contributed by atoms with Crippen molar-refractivity contribution in [2.24, 2.45) is 0 Å². The highest BCUT2D eigenvalue weighted by atomic mass is 32.2. The normalized spacial score (nSPS) is 49.7. The summed E-state index contributed by atoms with van der Waals surface area (Å²) >= 11 is 7.95. The molecule has 2 spiro atoms. The van der Waals surface area contributed by atoms with Gasteiger partial charge < -0.3 is 10.2 Å². The molecule has 0 aromatic carbocycles. The molecule has 6 heteroatoms. The van der Waals surface area contributed by atoms with Crippen molar-refractivity contribution in [3.63, 3.8) is 0 Å². The molecule has 2 nitrogen and oxygen atoms in total. The zero-order valence-electron chi connectivity index (χ0n) is 10.3. The van der Waals surface area contributed by atoms with E-state index >= 15 is 0 Å². The van der Waals surface area contributed by atoms with Gasteiger partial charge in [-0.3, -0.25) is 0 Å². The molecule has 0 atom stereocenters. The summed E-state index contributed by atoms with van der Waals surface area (Å²) in [4.78, 5) is 0. The van der Waals surface area contributed by atoms with Crippen molar-refractivity contribution in [1.82, 2.24) is 0 Å². The van der Waals surface area contributed by atoms with Gasteiger partial charge in [-0.1, -0.05) is 0 Å². The highest BCUT2D eigenvalue weighted by Gasteiger charge is 2.49. The molecule has 3 aliphatic rings. The fourth-order valence-corrected chi connectivity index (χ4v) is 10.0. The minimum absolute atomic E-state index is 0.114. The van der Waals surface area contributed by atoms with E-state index in [2.05, 4.69) is 0 Å². The second kappa shape index (κ2) is 5.60. The van der Waals surface area contributed by atoms with Gasteiger partial charge in [0.15, 0.2) is 0 Å². The van der Waals surface area contributed by atoms with Gasteiger partial charge in [0, 0.05) is 23.0 Å². The van der Waals surface area contributed by atoms with E-state index in [1.54, 1.807) is 0 Å². The molecule has 104 valence electrons. The first kappa shape index (κ1) is 14.3. The largest absolute Gasteiger partial charge is 0.391 e. The van der Waals surface area contributed by atoms with Crippen LogP contribution < -0.4 is 0 Å². The van der Waals surface area contributed by atoms with Gasteiger partial charge in [-0.2, -0.15) is 0 Å². The smallest absolute Gasteiger partial charge is 0.0721 e. The van der Waals surface area contributed by atoms with E-state index in [-0.39, 0.29) is 12.2 Å². The van der Waals surface area contributed by atoms with Crippen LogP contribution in [0.5, 0.6) is 0 Å². The highest BCUT2D eigenvalue weighted by molar-refractivity contribution is 8.20. The lowest BCUT2D eigenvalue weighted by atomic mass is 9.98. The first-order valence-electron chi connectivity index (χ1n) is 6.53. The second-order valence-corrected chi connectivity index (χ2v) is 11.5. The molecule has 2 aliphatic heterocycles. The SMILES string of the molecule is OC1CSC2(CCCC3(C2)SCC(O)CS3)SC1. The van der Waals surface area contributed by atoms with Crippen molar-refractivity contribution in [3.8, 4) is 0 Å². The van der Waals surface area contributed by atoms with E-state index < -0.39 is 0 Å². The number of aliphatic hydroxyl groups excluding tert-OH is 2. The van der Waals surface area contributed by atoms with Crippen molar-refractivity contribution < 1.29 is 10.2 Å². The number of hydrogen-bond donors (Lipinski definition) is 2. The van der Waals surface area contributed by atoms with Gasteiger partial charge in [0.1, 0.15) is 0 Å². The Kier molecular flexibility index (Phi) is 4.44. The minimum Gasteiger partial charge on any atom is -0.391 e. The molecule has 0 aromatic heterocycles. The van der Waals surface area contributed by atoms with Crippen molar-refractivity contribution in [2.75, 3.05) is 23.0 Å². The topological polar surface area (TPSA) is 40.5 Å². The highest BCUT2D eigenvalue weighted by Crippen LogP contribution is 2.61. The van der Waals surface area contributed by atoms with Gasteiger partial charge in [-0.25, -0.2) is 0 Å². The van der Waals surface area contributed by atoms with Crippen molar-refractivity contribution >= 4 is 47.0 Å². The van der Waals surface area contributed by atoms with E-state index in [0.29, 0.717) is 8.16 Å². The van der Waals surface area contributed by atoms with Crippen molar-refractivity contribution in [2.45, 2.75) is 46.0 Å². The predicted octanol–water partition coefficient (Wildman–Crippen LogP) is 2.63. The van der Waals surface area contributed by atoms with Crippen LogP contribution in [0.25, 0.3) is 0 Å². The van der Waals surface area contributed by atoms with Gasteiger partial charge in [-0.05, 0) is 25.7 Å². The Hall–Kier alpha value is 1.32. The van der Waals surface area contributed by atoms with Crippen molar-refractivity contribution in [1.29, 1.82) is 0 Å². The van der Waals surface area contributed by atoms with Gasteiger partial charge in [0.25, 0.3) is 0 Å². The molecule has 2 saturated heterocycles. The zero-order valence-corrected chi connectivity index (χ0v) is 13.6. The fourth-order valence-electron chi connectivity index (χ4n) is 2.88. The third kappa shape index (κ3) is 2.98. The van der Waals surface area contributed by atoms with Crippen LogP contribution in [-0.4, -0.2) is 53.6 Å². The molecule has 2 heterocycles. The van der Waals surface area contributed by atoms with Crippen LogP contribution in [0, 0.1) is 0 Å². The summed E-state index contributed by atoms with van der Waals surface area (Å²) in [5.41, 5.74) is 0. The number of aliphatic hydroxyl groups is 2. The Balaban J connectivity index is 1.68. The molecule has 0 radical (unpaired) electrons. The van der Waals surface area contributed by atoms with Crippen molar-refractivity contribution in [3.05, 3.63) is 0 Å². The fraction of sp³-hybridized carbons (Fsp3) is 1.00. The van der Waals surface area contributed by atoms with Crippen LogP contribution in [0.2, 0.25) is 0 Å². The minimum atomic E-state index is -0.114. The van der Waals surface area contributed by atoms with Crippen LogP contribution >= 0.6 is 47.0 Å². The Morgan fingerprint density at radius 1 is 0.722 bits per heavy atom. The van der Waals surface area contributed by atoms with Crippen LogP contribution in [0.3, 0.4) is 0 Å². The molecule has 0 bridgehead atoms. The quantitative estimate of drug-likeness (QED) is 0.714. The molecule has 0 amide bonds. The van der Waals surface area contributed by atoms with Crippen LogP contribution in [0.4, 0.5) is 0 Å². The average Bonchev–Trinajstić information content (AvgIpc) is 2.38. The standard InChI is InChI=1S/C12H20O2S4/c13-9-4-15-11(16-5-9)2-1-3-12(8-11)17-6-10(14)7-18-12/h9-10,13-14H,1-8H2. The summed E-state index contributed by atoms with van der Waals surface area (Å²) in [6.07, 6.45) is 4.89. The maximum atomic E-state index is 9.67. The van der Waals surface area contributed by atoms with E-state index in [0.717, 1.165) is 23.0 Å². The summed E-state index contributed by atoms with van der Waals surface area (Å²) < 4.78 is 0.694. The summed E-state index contributed by atoms with van der Waals surface area (Å²) in [5, 5.41) is 19.3. The van der Waals surface area contributed by atoms with Crippen LogP contribution in [0.15, 0.2) is 0 Å². The molecule has 0 unspecified atom stereocenters. The third-order valence-corrected chi connectivity index (χ3v) is 10.9. The zero-order chi connectivity index (χ0) is 12.6. The molecule has 1 saturated carbocycles. The van der Waals surface area contributed by atoms with E-state index in [9.17, 15) is 10.2 Å². The maximum Gasteiger partial charge on any atom is 0.0721 e. The first-order chi connectivity index (χ1) is 8.62. The van der Waals surface area contributed by atoms with Crippen LogP contribution in [-0.2, 0) is 0 Å². The molecule has 3 rings (SSSR count). The lowest BCUT2D eigenvalue weighted by molar-refractivity contribution is 0.221.